The molecular formula is C14H12N2O2S. The smallest absolute Gasteiger partial charge is 0.337 e. The number of hydrogen-bond acceptors (Lipinski definition) is 2. The molecule has 2 rings (SSSR count). The third kappa shape index (κ3) is 2.71. The summed E-state index contributed by atoms with van der Waals surface area (Å²) in [5.74, 6) is -1.02. The Morgan fingerprint density at radius 3 is 2.21 bits per heavy atom. The molecule has 0 aliphatic carbocycles. The number of rotatable bonds is 3. The molecule has 0 fully saturated rings. The van der Waals surface area contributed by atoms with Crippen LogP contribution in [0.25, 0.3) is 0 Å². The fraction of sp³-hybridized carbons (Fsp3) is 0. The van der Waals surface area contributed by atoms with Gasteiger partial charge in [-0.2, -0.15) is 0 Å². The number of aromatic carboxylic acids is 1. The number of carboxylic acids is 1. The number of hydrogen-bond donors (Lipinski definition) is 2. The molecule has 2 aromatic carbocycles. The summed E-state index contributed by atoms with van der Waals surface area (Å²) in [5, 5.41) is 9.33. The van der Waals surface area contributed by atoms with E-state index < -0.39 is 5.97 Å². The summed E-state index contributed by atoms with van der Waals surface area (Å²) in [6.45, 7) is 0. The van der Waals surface area contributed by atoms with Crippen molar-refractivity contribution in [3.05, 3.63) is 60.2 Å². The van der Waals surface area contributed by atoms with Crippen molar-refractivity contribution in [2.45, 2.75) is 0 Å². The first kappa shape index (κ1) is 13.0. The second-order valence-electron chi connectivity index (χ2n) is 3.83. The lowest BCUT2D eigenvalue weighted by molar-refractivity contribution is 0.0698. The van der Waals surface area contributed by atoms with Gasteiger partial charge in [0, 0.05) is 5.69 Å². The molecule has 4 nitrogen and oxygen atoms in total. The first-order valence-corrected chi connectivity index (χ1v) is 5.99. The SMILES string of the molecule is NC(=S)N(c1ccccc1)c1ccccc1C(=O)O. The molecule has 0 unspecified atom stereocenters. The Morgan fingerprint density at radius 1 is 1.05 bits per heavy atom. The normalized spacial score (nSPS) is 9.89. The third-order valence-electron chi connectivity index (χ3n) is 2.61. The van der Waals surface area contributed by atoms with Crippen molar-refractivity contribution in [3.63, 3.8) is 0 Å². The lowest BCUT2D eigenvalue weighted by Crippen LogP contribution is -2.32. The first-order chi connectivity index (χ1) is 9.11. The summed E-state index contributed by atoms with van der Waals surface area (Å²) >= 11 is 5.04. The van der Waals surface area contributed by atoms with E-state index in [4.69, 9.17) is 18.0 Å². The van der Waals surface area contributed by atoms with Gasteiger partial charge in [0.15, 0.2) is 5.11 Å². The van der Waals surface area contributed by atoms with Gasteiger partial charge in [0.2, 0.25) is 0 Å². The monoisotopic (exact) mass is 272 g/mol. The molecule has 0 aromatic heterocycles. The van der Waals surface area contributed by atoms with Crippen molar-refractivity contribution in [1.82, 2.24) is 0 Å². The van der Waals surface area contributed by atoms with Crippen molar-refractivity contribution < 1.29 is 9.90 Å². The molecule has 0 saturated heterocycles. The van der Waals surface area contributed by atoms with E-state index in [1.807, 2.05) is 30.3 Å². The molecule has 0 aliphatic rings. The average molecular weight is 272 g/mol. The van der Waals surface area contributed by atoms with Crippen LogP contribution in [0.15, 0.2) is 54.6 Å². The van der Waals surface area contributed by atoms with Gasteiger partial charge < -0.3 is 10.8 Å². The second-order valence-corrected chi connectivity index (χ2v) is 4.25. The minimum atomic E-state index is -1.02. The van der Waals surface area contributed by atoms with Crippen LogP contribution in [0.4, 0.5) is 11.4 Å². The van der Waals surface area contributed by atoms with Gasteiger partial charge in [-0.15, -0.1) is 0 Å². The number of para-hydroxylation sites is 2. The van der Waals surface area contributed by atoms with E-state index in [2.05, 4.69) is 0 Å². The van der Waals surface area contributed by atoms with E-state index in [9.17, 15) is 9.90 Å². The maximum Gasteiger partial charge on any atom is 0.337 e. The molecule has 2 aromatic rings. The van der Waals surface area contributed by atoms with Crippen LogP contribution in [0.3, 0.4) is 0 Å². The number of thiocarbonyl (C=S) groups is 1. The summed E-state index contributed by atoms with van der Waals surface area (Å²) < 4.78 is 0. The van der Waals surface area contributed by atoms with Crippen LogP contribution in [-0.2, 0) is 0 Å². The molecule has 3 N–H and O–H groups in total. The Hall–Kier alpha value is -2.40. The Labute approximate surface area is 116 Å². The Kier molecular flexibility index (Phi) is 3.77. The molecule has 0 aliphatic heterocycles. The van der Waals surface area contributed by atoms with Gasteiger partial charge in [-0.1, -0.05) is 30.3 Å². The predicted octanol–water partition coefficient (Wildman–Crippen LogP) is 2.77. The van der Waals surface area contributed by atoms with Gasteiger partial charge in [0.25, 0.3) is 0 Å². The van der Waals surface area contributed by atoms with Crippen LogP contribution >= 0.6 is 12.2 Å². The number of carbonyl (C=O) groups is 1. The van der Waals surface area contributed by atoms with Crippen LogP contribution < -0.4 is 10.6 Å². The van der Waals surface area contributed by atoms with Crippen LogP contribution in [-0.4, -0.2) is 16.2 Å². The van der Waals surface area contributed by atoms with E-state index in [1.54, 1.807) is 23.1 Å². The molecule has 0 atom stereocenters. The number of anilines is 2. The fourth-order valence-electron chi connectivity index (χ4n) is 1.81. The zero-order valence-corrected chi connectivity index (χ0v) is 10.8. The summed E-state index contributed by atoms with van der Waals surface area (Å²) in [4.78, 5) is 12.8. The highest BCUT2D eigenvalue weighted by molar-refractivity contribution is 7.80. The third-order valence-corrected chi connectivity index (χ3v) is 2.79. The number of nitrogens with zero attached hydrogens (tertiary/aromatic N) is 1. The number of carboxylic acid groups (broad SMARTS) is 1. The Morgan fingerprint density at radius 2 is 1.63 bits per heavy atom. The van der Waals surface area contributed by atoms with Crippen molar-refractivity contribution >= 4 is 34.7 Å². The van der Waals surface area contributed by atoms with Crippen molar-refractivity contribution in [1.29, 1.82) is 0 Å². The van der Waals surface area contributed by atoms with Gasteiger partial charge in [0.05, 0.1) is 11.3 Å². The van der Waals surface area contributed by atoms with Crippen LogP contribution in [0.1, 0.15) is 10.4 Å². The molecule has 96 valence electrons. The fourth-order valence-corrected chi connectivity index (χ4v) is 2.02. The number of benzene rings is 2. The molecule has 19 heavy (non-hydrogen) atoms. The summed E-state index contributed by atoms with van der Waals surface area (Å²) in [5.41, 5.74) is 7.06. The lowest BCUT2D eigenvalue weighted by atomic mass is 10.1. The van der Waals surface area contributed by atoms with Crippen LogP contribution in [0.5, 0.6) is 0 Å². The lowest BCUT2D eigenvalue weighted by Gasteiger charge is -2.24. The van der Waals surface area contributed by atoms with Crippen molar-refractivity contribution in [2.75, 3.05) is 4.90 Å². The summed E-state index contributed by atoms with van der Waals surface area (Å²) in [6.07, 6.45) is 0. The first-order valence-electron chi connectivity index (χ1n) is 5.58. The minimum absolute atomic E-state index is 0.0971. The quantitative estimate of drug-likeness (QED) is 0.841. The van der Waals surface area contributed by atoms with E-state index in [1.165, 1.54) is 6.07 Å². The zero-order valence-electron chi connectivity index (χ0n) is 9.98. The highest BCUT2D eigenvalue weighted by Gasteiger charge is 2.18. The Balaban J connectivity index is 2.59. The largest absolute Gasteiger partial charge is 0.478 e. The molecular weight excluding hydrogens is 260 g/mol. The highest BCUT2D eigenvalue weighted by atomic mass is 32.1. The van der Waals surface area contributed by atoms with E-state index in [-0.39, 0.29) is 10.7 Å². The highest BCUT2D eigenvalue weighted by Crippen LogP contribution is 2.28. The molecule has 0 heterocycles. The standard InChI is InChI=1S/C14H12N2O2S/c15-14(19)16(10-6-2-1-3-7-10)12-9-5-4-8-11(12)13(17)18/h1-9H,(H2,15,19)(H,17,18). The summed E-state index contributed by atoms with van der Waals surface area (Å²) in [7, 11) is 0. The van der Waals surface area contributed by atoms with Gasteiger partial charge in [-0.25, -0.2) is 4.79 Å². The maximum absolute atomic E-state index is 11.3. The van der Waals surface area contributed by atoms with Crippen molar-refractivity contribution in [3.8, 4) is 0 Å². The van der Waals surface area contributed by atoms with Gasteiger partial charge in [-0.05, 0) is 36.5 Å². The maximum atomic E-state index is 11.3. The molecule has 5 heteroatoms. The van der Waals surface area contributed by atoms with Gasteiger partial charge in [-0.3, -0.25) is 4.90 Å². The van der Waals surface area contributed by atoms with Crippen LogP contribution in [0.2, 0.25) is 0 Å². The number of nitrogens with two attached hydrogens (primary N) is 1. The molecule has 0 amide bonds. The van der Waals surface area contributed by atoms with Crippen LogP contribution in [0, 0.1) is 0 Å². The summed E-state index contributed by atoms with van der Waals surface area (Å²) in [6, 6.07) is 15.8. The van der Waals surface area contributed by atoms with Crippen molar-refractivity contribution in [2.24, 2.45) is 5.73 Å². The van der Waals surface area contributed by atoms with Gasteiger partial charge >= 0.3 is 5.97 Å². The topological polar surface area (TPSA) is 66.6 Å². The van der Waals surface area contributed by atoms with Gasteiger partial charge in [0.1, 0.15) is 0 Å². The minimum Gasteiger partial charge on any atom is -0.478 e. The average Bonchev–Trinajstić information content (AvgIpc) is 2.40. The molecule has 0 spiro atoms. The Bertz CT molecular complexity index is 614. The zero-order chi connectivity index (χ0) is 13.8. The van der Waals surface area contributed by atoms with E-state index in [0.717, 1.165) is 5.69 Å². The second kappa shape index (κ2) is 5.49. The van der Waals surface area contributed by atoms with E-state index >= 15 is 0 Å². The predicted molar refractivity (Wildman–Crippen MR) is 78.8 cm³/mol. The molecule has 0 bridgehead atoms. The molecule has 0 radical (unpaired) electrons. The molecule has 0 saturated carbocycles. The van der Waals surface area contributed by atoms with E-state index in [0.29, 0.717) is 5.69 Å².